The molecule has 1 fully saturated rings. The van der Waals surface area contributed by atoms with E-state index in [0.29, 0.717) is 29.5 Å². The van der Waals surface area contributed by atoms with Gasteiger partial charge < -0.3 is 14.6 Å². The van der Waals surface area contributed by atoms with E-state index in [4.69, 9.17) is 4.42 Å². The Hall–Kier alpha value is -1.95. The summed E-state index contributed by atoms with van der Waals surface area (Å²) in [5.74, 6) is 1.23. The van der Waals surface area contributed by atoms with Gasteiger partial charge in [0, 0.05) is 23.9 Å². The number of carbonyl (C=O) groups is 1. The number of rotatable bonds is 5. The summed E-state index contributed by atoms with van der Waals surface area (Å²) in [5, 5.41) is 3.57. The third-order valence-electron chi connectivity index (χ3n) is 4.56. The highest BCUT2D eigenvalue weighted by Crippen LogP contribution is 2.30. The maximum atomic E-state index is 12.3. The average Bonchev–Trinajstić information content (AvgIpc) is 3.29. The largest absolute Gasteiger partial charge is 0.439 e. The molecule has 5 nitrogen and oxygen atoms in total. The van der Waals surface area contributed by atoms with Gasteiger partial charge in [-0.15, -0.1) is 0 Å². The first kappa shape index (κ1) is 16.9. The number of amides is 2. The lowest BCUT2D eigenvalue weighted by Crippen LogP contribution is -2.42. The Bertz CT molecular complexity index is 674. The van der Waals surface area contributed by atoms with Gasteiger partial charge in [0.15, 0.2) is 5.76 Å². The van der Waals surface area contributed by atoms with E-state index in [0.717, 1.165) is 18.4 Å². The standard InChI is InChI=1S/C18H23N3O2S/c1-21(14-8-9-15(10-14)24-2)18(22)20-12-17-19-11-16(23-17)13-6-4-3-5-7-13/h3-7,11,14-15H,8-10,12H2,1-2H3,(H,20,22)/t14-,15+/m0/s1. The number of benzene rings is 1. The highest BCUT2D eigenvalue weighted by molar-refractivity contribution is 7.99. The van der Waals surface area contributed by atoms with Gasteiger partial charge in [0.25, 0.3) is 0 Å². The molecule has 0 spiro atoms. The number of aromatic nitrogens is 1. The molecule has 1 aromatic carbocycles. The molecule has 1 aliphatic carbocycles. The number of carbonyl (C=O) groups excluding carboxylic acids is 1. The lowest BCUT2D eigenvalue weighted by Gasteiger charge is -2.24. The third kappa shape index (κ3) is 3.93. The van der Waals surface area contributed by atoms with Crippen molar-refractivity contribution in [2.75, 3.05) is 13.3 Å². The summed E-state index contributed by atoms with van der Waals surface area (Å²) in [4.78, 5) is 18.4. The fraction of sp³-hybridized carbons (Fsp3) is 0.444. The summed E-state index contributed by atoms with van der Waals surface area (Å²) in [6, 6.07) is 10.1. The van der Waals surface area contributed by atoms with Gasteiger partial charge >= 0.3 is 6.03 Å². The Kier molecular flexibility index (Phi) is 5.45. The van der Waals surface area contributed by atoms with Gasteiger partial charge in [-0.2, -0.15) is 11.8 Å². The van der Waals surface area contributed by atoms with Crippen molar-refractivity contribution in [3.05, 3.63) is 42.4 Å². The van der Waals surface area contributed by atoms with Gasteiger partial charge in [0.2, 0.25) is 5.89 Å². The summed E-state index contributed by atoms with van der Waals surface area (Å²) in [5.41, 5.74) is 0.980. The molecule has 2 amide bonds. The maximum absolute atomic E-state index is 12.3. The zero-order chi connectivity index (χ0) is 16.9. The monoisotopic (exact) mass is 345 g/mol. The molecule has 0 aliphatic heterocycles. The molecule has 128 valence electrons. The number of hydrogen-bond donors (Lipinski definition) is 1. The lowest BCUT2D eigenvalue weighted by molar-refractivity contribution is 0.189. The number of nitrogens with one attached hydrogen (secondary N) is 1. The van der Waals surface area contributed by atoms with Crippen LogP contribution < -0.4 is 5.32 Å². The van der Waals surface area contributed by atoms with E-state index in [2.05, 4.69) is 16.6 Å². The molecule has 2 aromatic rings. The van der Waals surface area contributed by atoms with E-state index in [-0.39, 0.29) is 6.03 Å². The Balaban J connectivity index is 1.52. The van der Waals surface area contributed by atoms with Crippen LogP contribution in [-0.4, -0.2) is 40.5 Å². The molecule has 1 aromatic heterocycles. The first-order valence-corrected chi connectivity index (χ1v) is 9.49. The van der Waals surface area contributed by atoms with Gasteiger partial charge in [-0.25, -0.2) is 9.78 Å². The van der Waals surface area contributed by atoms with E-state index in [9.17, 15) is 4.79 Å². The molecular formula is C18H23N3O2S. The smallest absolute Gasteiger partial charge is 0.317 e. The van der Waals surface area contributed by atoms with E-state index >= 15 is 0 Å². The predicted octanol–water partition coefficient (Wildman–Crippen LogP) is 3.77. The molecule has 2 atom stereocenters. The summed E-state index contributed by atoms with van der Waals surface area (Å²) in [7, 11) is 1.87. The minimum atomic E-state index is -0.0683. The Morgan fingerprint density at radius 1 is 1.38 bits per heavy atom. The van der Waals surface area contributed by atoms with E-state index in [1.807, 2.05) is 54.0 Å². The minimum absolute atomic E-state index is 0.0683. The third-order valence-corrected chi connectivity index (χ3v) is 5.66. The summed E-state index contributed by atoms with van der Waals surface area (Å²) in [6.07, 6.45) is 7.17. The SMILES string of the molecule is CS[C@@H]1CC[C@H](N(C)C(=O)NCc2ncc(-c3ccccc3)o2)C1. The van der Waals surface area contributed by atoms with Crippen molar-refractivity contribution in [2.24, 2.45) is 0 Å². The van der Waals surface area contributed by atoms with Crippen LogP contribution in [-0.2, 0) is 6.54 Å². The topological polar surface area (TPSA) is 58.4 Å². The zero-order valence-corrected chi connectivity index (χ0v) is 14.9. The Morgan fingerprint density at radius 3 is 2.88 bits per heavy atom. The number of urea groups is 1. The van der Waals surface area contributed by atoms with Crippen molar-refractivity contribution in [3.8, 4) is 11.3 Å². The molecular weight excluding hydrogens is 322 g/mol. The van der Waals surface area contributed by atoms with Crippen molar-refractivity contribution >= 4 is 17.8 Å². The molecule has 1 N–H and O–H groups in total. The second-order valence-corrected chi connectivity index (χ2v) is 7.22. The van der Waals surface area contributed by atoms with Crippen molar-refractivity contribution in [1.82, 2.24) is 15.2 Å². The molecule has 1 saturated carbocycles. The second kappa shape index (κ2) is 7.75. The molecule has 1 aliphatic rings. The quantitative estimate of drug-likeness (QED) is 0.896. The van der Waals surface area contributed by atoms with Crippen LogP contribution in [0.25, 0.3) is 11.3 Å². The van der Waals surface area contributed by atoms with Crippen molar-refractivity contribution in [1.29, 1.82) is 0 Å². The van der Waals surface area contributed by atoms with E-state index in [1.54, 1.807) is 6.20 Å². The molecule has 3 rings (SSSR count). The molecule has 0 bridgehead atoms. The highest BCUT2D eigenvalue weighted by Gasteiger charge is 2.29. The molecule has 24 heavy (non-hydrogen) atoms. The summed E-state index contributed by atoms with van der Waals surface area (Å²) >= 11 is 1.89. The normalized spacial score (nSPS) is 20.1. The average molecular weight is 345 g/mol. The highest BCUT2D eigenvalue weighted by atomic mass is 32.2. The second-order valence-electron chi connectivity index (χ2n) is 6.08. The van der Waals surface area contributed by atoms with Gasteiger partial charge in [-0.3, -0.25) is 0 Å². The fourth-order valence-corrected chi connectivity index (χ4v) is 3.84. The lowest BCUT2D eigenvalue weighted by atomic mass is 10.2. The Labute approximate surface area is 146 Å². The Morgan fingerprint density at radius 2 is 2.17 bits per heavy atom. The zero-order valence-electron chi connectivity index (χ0n) is 14.1. The molecule has 6 heteroatoms. The van der Waals surface area contributed by atoms with Crippen LogP contribution in [0.2, 0.25) is 0 Å². The molecule has 0 unspecified atom stereocenters. The van der Waals surface area contributed by atoms with E-state index < -0.39 is 0 Å². The van der Waals surface area contributed by atoms with Crippen molar-refractivity contribution in [2.45, 2.75) is 37.1 Å². The number of oxazole rings is 1. The number of thioether (sulfide) groups is 1. The maximum Gasteiger partial charge on any atom is 0.317 e. The van der Waals surface area contributed by atoms with Crippen LogP contribution in [0.15, 0.2) is 40.9 Å². The number of hydrogen-bond acceptors (Lipinski definition) is 4. The molecule has 1 heterocycles. The molecule has 0 radical (unpaired) electrons. The number of nitrogens with zero attached hydrogens (tertiary/aromatic N) is 2. The first-order valence-electron chi connectivity index (χ1n) is 8.21. The van der Waals surface area contributed by atoms with Crippen molar-refractivity contribution < 1.29 is 9.21 Å². The minimum Gasteiger partial charge on any atom is -0.439 e. The van der Waals surface area contributed by atoms with Crippen molar-refractivity contribution in [3.63, 3.8) is 0 Å². The van der Waals surface area contributed by atoms with Crippen LogP contribution in [0.3, 0.4) is 0 Å². The summed E-state index contributed by atoms with van der Waals surface area (Å²) in [6.45, 7) is 0.300. The van der Waals surface area contributed by atoms with E-state index in [1.165, 1.54) is 6.42 Å². The van der Waals surface area contributed by atoms with Crippen LogP contribution in [0, 0.1) is 0 Å². The van der Waals surface area contributed by atoms with Crippen LogP contribution in [0.5, 0.6) is 0 Å². The van der Waals surface area contributed by atoms with Crippen LogP contribution >= 0.6 is 11.8 Å². The molecule has 0 saturated heterocycles. The fourth-order valence-electron chi connectivity index (χ4n) is 3.05. The van der Waals surface area contributed by atoms with Crippen LogP contribution in [0.1, 0.15) is 25.2 Å². The van der Waals surface area contributed by atoms with Gasteiger partial charge in [-0.1, -0.05) is 30.3 Å². The predicted molar refractivity (Wildman–Crippen MR) is 96.9 cm³/mol. The van der Waals surface area contributed by atoms with Gasteiger partial charge in [-0.05, 0) is 25.5 Å². The van der Waals surface area contributed by atoms with Gasteiger partial charge in [0.1, 0.15) is 0 Å². The van der Waals surface area contributed by atoms with Gasteiger partial charge in [0.05, 0.1) is 12.7 Å². The first-order chi connectivity index (χ1) is 11.7. The summed E-state index contributed by atoms with van der Waals surface area (Å²) < 4.78 is 5.71. The van der Waals surface area contributed by atoms with Crippen LogP contribution in [0.4, 0.5) is 4.79 Å².